The predicted molar refractivity (Wildman–Crippen MR) is 121 cm³/mol. The van der Waals surface area contributed by atoms with Crippen molar-refractivity contribution in [2.24, 2.45) is 4.99 Å². The third-order valence-corrected chi connectivity index (χ3v) is 6.08. The number of aryl methyl sites for hydroxylation is 2. The van der Waals surface area contributed by atoms with E-state index < -0.39 is 0 Å². The number of rotatable bonds is 5. The van der Waals surface area contributed by atoms with Crippen molar-refractivity contribution >= 4 is 23.2 Å². The molecule has 1 aromatic heterocycles. The number of thiazole rings is 1. The quantitative estimate of drug-likeness (QED) is 0.564. The number of aliphatic imine (C=N–C) groups is 1. The van der Waals surface area contributed by atoms with Gasteiger partial charge in [0.15, 0.2) is 5.96 Å². The molecular formula is C22H31N5O2S. The summed E-state index contributed by atoms with van der Waals surface area (Å²) in [5.74, 6) is 0.793. The number of hydrogen-bond donors (Lipinski definition) is 2. The first kappa shape index (κ1) is 22.2. The molecule has 7 nitrogen and oxygen atoms in total. The number of guanidine groups is 1. The molecular weight excluding hydrogens is 398 g/mol. The third-order valence-electron chi connectivity index (χ3n) is 5.01. The molecule has 1 aliphatic heterocycles. The van der Waals surface area contributed by atoms with Crippen molar-refractivity contribution in [2.45, 2.75) is 53.0 Å². The Morgan fingerprint density at radius 2 is 1.80 bits per heavy atom. The molecule has 0 saturated carbocycles. The molecule has 2 N–H and O–H groups in total. The Hall–Kier alpha value is -2.45. The molecule has 1 saturated heterocycles. The van der Waals surface area contributed by atoms with Crippen LogP contribution in [0, 0.1) is 13.8 Å². The van der Waals surface area contributed by atoms with Crippen molar-refractivity contribution in [1.82, 2.24) is 20.5 Å². The number of nitrogens with zero attached hydrogens (tertiary/aromatic N) is 3. The van der Waals surface area contributed by atoms with Crippen LogP contribution < -0.4 is 10.6 Å². The Morgan fingerprint density at radius 1 is 1.17 bits per heavy atom. The lowest BCUT2D eigenvalue weighted by atomic mass is 10.1. The summed E-state index contributed by atoms with van der Waals surface area (Å²) in [6, 6.07) is 7.75. The van der Waals surface area contributed by atoms with Crippen LogP contribution in [-0.4, -0.2) is 54.1 Å². The summed E-state index contributed by atoms with van der Waals surface area (Å²) in [5.41, 5.74) is 2.85. The second-order valence-corrected chi connectivity index (χ2v) is 8.97. The van der Waals surface area contributed by atoms with E-state index in [1.807, 2.05) is 56.9 Å². The maximum Gasteiger partial charge on any atom is 0.254 e. The van der Waals surface area contributed by atoms with Gasteiger partial charge in [-0.1, -0.05) is 12.1 Å². The standard InChI is InChI=1S/C22H31N5O2S/c1-14-12-27(13-15(2)29-14)21(28)19-8-6-18(7-9-19)10-24-22(23-5)25-11-20-16(3)26-17(4)30-20/h6-9,14-15H,10-13H2,1-5H3,(H2,23,24,25). The van der Waals surface area contributed by atoms with Gasteiger partial charge in [-0.3, -0.25) is 9.79 Å². The summed E-state index contributed by atoms with van der Waals surface area (Å²) in [5, 5.41) is 7.72. The zero-order valence-corrected chi connectivity index (χ0v) is 19.2. The second kappa shape index (κ2) is 10.0. The fourth-order valence-electron chi connectivity index (χ4n) is 3.60. The van der Waals surface area contributed by atoms with Crippen LogP contribution in [0.25, 0.3) is 0 Å². The van der Waals surface area contributed by atoms with Crippen molar-refractivity contribution < 1.29 is 9.53 Å². The van der Waals surface area contributed by atoms with Crippen molar-refractivity contribution in [3.8, 4) is 0 Å². The molecule has 30 heavy (non-hydrogen) atoms. The number of nitrogens with one attached hydrogen (secondary N) is 2. The number of ether oxygens (including phenoxy) is 1. The Balaban J connectivity index is 1.52. The van der Waals surface area contributed by atoms with Gasteiger partial charge in [0.1, 0.15) is 0 Å². The molecule has 1 amide bonds. The fourth-order valence-corrected chi connectivity index (χ4v) is 4.48. The number of aromatic nitrogens is 1. The molecule has 8 heteroatoms. The van der Waals surface area contributed by atoms with Gasteiger partial charge in [-0.2, -0.15) is 0 Å². The molecule has 0 spiro atoms. The topological polar surface area (TPSA) is 78.9 Å². The Labute approximate surface area is 182 Å². The number of morpholine rings is 1. The number of amides is 1. The SMILES string of the molecule is CN=C(NCc1ccc(C(=O)N2CC(C)OC(C)C2)cc1)NCc1sc(C)nc1C. The van der Waals surface area contributed by atoms with Gasteiger partial charge in [-0.25, -0.2) is 4.98 Å². The molecule has 2 atom stereocenters. The molecule has 1 aliphatic rings. The lowest BCUT2D eigenvalue weighted by molar-refractivity contribution is -0.0586. The molecule has 2 heterocycles. The van der Waals surface area contributed by atoms with E-state index >= 15 is 0 Å². The van der Waals surface area contributed by atoms with Gasteiger partial charge in [0.2, 0.25) is 0 Å². The molecule has 2 aromatic rings. The van der Waals surface area contributed by atoms with Crippen LogP contribution >= 0.6 is 11.3 Å². The monoisotopic (exact) mass is 429 g/mol. The second-order valence-electron chi connectivity index (χ2n) is 7.69. The summed E-state index contributed by atoms with van der Waals surface area (Å²) >= 11 is 1.70. The summed E-state index contributed by atoms with van der Waals surface area (Å²) < 4.78 is 5.72. The normalized spacial score (nSPS) is 19.6. The first-order chi connectivity index (χ1) is 14.4. The number of carbonyl (C=O) groups is 1. The largest absolute Gasteiger partial charge is 0.372 e. The van der Waals surface area contributed by atoms with E-state index in [9.17, 15) is 4.79 Å². The third kappa shape index (κ3) is 5.79. The molecule has 1 aromatic carbocycles. The maximum absolute atomic E-state index is 12.8. The number of hydrogen-bond acceptors (Lipinski definition) is 5. The lowest BCUT2D eigenvalue weighted by Gasteiger charge is -2.35. The summed E-state index contributed by atoms with van der Waals surface area (Å²) in [6.45, 7) is 10.6. The molecule has 2 unspecified atom stereocenters. The Kier molecular flexibility index (Phi) is 7.44. The van der Waals surface area contributed by atoms with Gasteiger partial charge >= 0.3 is 0 Å². The van der Waals surface area contributed by atoms with Crippen LogP contribution in [0.4, 0.5) is 0 Å². The Bertz CT molecular complexity index is 883. The van der Waals surface area contributed by atoms with Gasteiger partial charge in [0, 0.05) is 37.1 Å². The van der Waals surface area contributed by atoms with E-state index in [4.69, 9.17) is 4.74 Å². The van der Waals surface area contributed by atoms with Crippen LogP contribution in [0.2, 0.25) is 0 Å². The van der Waals surface area contributed by atoms with Crippen molar-refractivity contribution in [2.75, 3.05) is 20.1 Å². The minimum atomic E-state index is 0.0595. The van der Waals surface area contributed by atoms with Crippen LogP contribution in [0.3, 0.4) is 0 Å². The molecule has 0 radical (unpaired) electrons. The fraction of sp³-hybridized carbons (Fsp3) is 0.500. The van der Waals surface area contributed by atoms with E-state index in [0.29, 0.717) is 31.7 Å². The highest BCUT2D eigenvalue weighted by Crippen LogP contribution is 2.17. The molecule has 162 valence electrons. The van der Waals surface area contributed by atoms with E-state index in [1.54, 1.807) is 18.4 Å². The van der Waals surface area contributed by atoms with Crippen LogP contribution in [-0.2, 0) is 17.8 Å². The molecule has 0 aliphatic carbocycles. The zero-order chi connectivity index (χ0) is 21.7. The summed E-state index contributed by atoms with van der Waals surface area (Å²) in [6.07, 6.45) is 0.135. The van der Waals surface area contributed by atoms with Gasteiger partial charge < -0.3 is 20.3 Å². The summed E-state index contributed by atoms with van der Waals surface area (Å²) in [4.78, 5) is 24.6. The van der Waals surface area contributed by atoms with Gasteiger partial charge in [-0.05, 0) is 45.4 Å². The van der Waals surface area contributed by atoms with E-state index in [2.05, 4.69) is 20.6 Å². The minimum absolute atomic E-state index is 0.0595. The number of benzene rings is 1. The molecule has 1 fully saturated rings. The van der Waals surface area contributed by atoms with Crippen LogP contribution in [0.1, 0.15) is 45.3 Å². The smallest absolute Gasteiger partial charge is 0.254 e. The van der Waals surface area contributed by atoms with Crippen molar-refractivity contribution in [1.29, 1.82) is 0 Å². The van der Waals surface area contributed by atoms with Crippen molar-refractivity contribution in [3.63, 3.8) is 0 Å². The first-order valence-electron chi connectivity index (χ1n) is 10.3. The van der Waals surface area contributed by atoms with Gasteiger partial charge in [0.05, 0.1) is 29.5 Å². The first-order valence-corrected chi connectivity index (χ1v) is 11.1. The minimum Gasteiger partial charge on any atom is -0.372 e. The lowest BCUT2D eigenvalue weighted by Crippen LogP contribution is -2.48. The van der Waals surface area contributed by atoms with Gasteiger partial charge in [0.25, 0.3) is 5.91 Å². The highest BCUT2D eigenvalue weighted by Gasteiger charge is 2.26. The number of carbonyl (C=O) groups excluding carboxylic acids is 1. The average Bonchev–Trinajstić information content (AvgIpc) is 3.04. The molecule has 0 bridgehead atoms. The zero-order valence-electron chi connectivity index (χ0n) is 18.4. The van der Waals surface area contributed by atoms with Crippen LogP contribution in [0.15, 0.2) is 29.3 Å². The van der Waals surface area contributed by atoms with Crippen LogP contribution in [0.5, 0.6) is 0 Å². The van der Waals surface area contributed by atoms with E-state index in [0.717, 1.165) is 22.2 Å². The van der Waals surface area contributed by atoms with Gasteiger partial charge in [-0.15, -0.1) is 11.3 Å². The highest BCUT2D eigenvalue weighted by molar-refractivity contribution is 7.11. The molecule has 3 rings (SSSR count). The van der Waals surface area contributed by atoms with E-state index in [1.165, 1.54) is 4.88 Å². The predicted octanol–water partition coefficient (Wildman–Crippen LogP) is 2.87. The van der Waals surface area contributed by atoms with Crippen molar-refractivity contribution in [3.05, 3.63) is 51.0 Å². The average molecular weight is 430 g/mol. The maximum atomic E-state index is 12.8. The van der Waals surface area contributed by atoms with E-state index in [-0.39, 0.29) is 18.1 Å². The highest BCUT2D eigenvalue weighted by atomic mass is 32.1. The summed E-state index contributed by atoms with van der Waals surface area (Å²) in [7, 11) is 1.76. The Morgan fingerprint density at radius 3 is 2.37 bits per heavy atom.